The van der Waals surface area contributed by atoms with Gasteiger partial charge >= 0.3 is 0 Å². The molecule has 1 saturated heterocycles. The number of hydrogen-bond acceptors (Lipinski definition) is 5. The molecule has 0 spiro atoms. The number of anilines is 1. The van der Waals surface area contributed by atoms with Gasteiger partial charge in [0.25, 0.3) is 0 Å². The third-order valence-corrected chi connectivity index (χ3v) is 5.89. The van der Waals surface area contributed by atoms with E-state index in [9.17, 15) is 0 Å². The monoisotopic (exact) mass is 413 g/mol. The van der Waals surface area contributed by atoms with Crippen LogP contribution < -0.4 is 15.4 Å². The van der Waals surface area contributed by atoms with E-state index in [-0.39, 0.29) is 6.10 Å². The number of fused-ring (bicyclic) bond motifs is 1. The number of aromatic nitrogens is 1. The van der Waals surface area contributed by atoms with Crippen LogP contribution in [0.5, 0.6) is 5.75 Å². The van der Waals surface area contributed by atoms with Crippen molar-refractivity contribution < 1.29 is 9.47 Å². The summed E-state index contributed by atoms with van der Waals surface area (Å²) in [7, 11) is 0. The van der Waals surface area contributed by atoms with Crippen molar-refractivity contribution in [3.05, 3.63) is 42.5 Å². The Morgan fingerprint density at radius 2 is 2.14 bits per heavy atom. The first kappa shape index (κ1) is 19.1. The van der Waals surface area contributed by atoms with Gasteiger partial charge in [-0.25, -0.2) is 4.98 Å². The second kappa shape index (κ2) is 8.86. The largest absolute Gasteiger partial charge is 0.494 e. The van der Waals surface area contributed by atoms with Crippen molar-refractivity contribution in [1.29, 1.82) is 0 Å². The van der Waals surface area contributed by atoms with Gasteiger partial charge in [-0.15, -0.1) is 11.3 Å². The number of nitrogens with zero attached hydrogens (tertiary/aromatic N) is 1. The first-order valence-corrected chi connectivity index (χ1v) is 10.7. The average Bonchev–Trinajstić information content (AvgIpc) is 3.36. The quantitative estimate of drug-likeness (QED) is 0.565. The smallest absolute Gasteiger partial charge is 0.170 e. The highest BCUT2D eigenvalue weighted by Gasteiger charge is 2.15. The first-order valence-electron chi connectivity index (χ1n) is 9.51. The summed E-state index contributed by atoms with van der Waals surface area (Å²) in [6, 6.07) is 14.2. The fraction of sp³-hybridized carbons (Fsp3) is 0.333. The molecular weight excluding hydrogens is 390 g/mol. The molecule has 1 aliphatic rings. The maximum Gasteiger partial charge on any atom is 0.170 e. The summed E-state index contributed by atoms with van der Waals surface area (Å²) >= 11 is 7.04. The van der Waals surface area contributed by atoms with Crippen LogP contribution in [0.2, 0.25) is 0 Å². The number of ether oxygens (including phenoxy) is 2. The normalized spacial score (nSPS) is 16.2. The molecule has 2 aromatic carbocycles. The lowest BCUT2D eigenvalue weighted by Crippen LogP contribution is -2.34. The molecule has 1 aliphatic heterocycles. The van der Waals surface area contributed by atoms with Crippen molar-refractivity contribution in [2.75, 3.05) is 25.1 Å². The molecule has 146 valence electrons. The van der Waals surface area contributed by atoms with E-state index in [0.29, 0.717) is 11.7 Å². The third kappa shape index (κ3) is 4.60. The SMILES string of the molecule is CCOc1ccc2nc(-c3ccc(NC(=S)NC[C@H]4CCCO4)cc3)sc2c1. The predicted molar refractivity (Wildman–Crippen MR) is 119 cm³/mol. The lowest BCUT2D eigenvalue weighted by molar-refractivity contribution is 0.114. The molecule has 1 fully saturated rings. The van der Waals surface area contributed by atoms with Gasteiger partial charge in [0.15, 0.2) is 5.11 Å². The van der Waals surface area contributed by atoms with Gasteiger partial charge in [0, 0.05) is 24.4 Å². The lowest BCUT2D eigenvalue weighted by atomic mass is 10.2. The fourth-order valence-corrected chi connectivity index (χ4v) is 4.37. The highest BCUT2D eigenvalue weighted by atomic mass is 32.1. The Bertz CT molecular complexity index is 950. The molecule has 1 atom stereocenters. The molecule has 0 radical (unpaired) electrons. The summed E-state index contributed by atoms with van der Waals surface area (Å²) in [5.41, 5.74) is 3.03. The zero-order valence-electron chi connectivity index (χ0n) is 15.7. The van der Waals surface area contributed by atoms with Crippen LogP contribution in [0.1, 0.15) is 19.8 Å². The van der Waals surface area contributed by atoms with E-state index in [1.54, 1.807) is 11.3 Å². The molecule has 0 aliphatic carbocycles. The molecule has 7 heteroatoms. The van der Waals surface area contributed by atoms with Gasteiger partial charge in [0.05, 0.1) is 22.9 Å². The van der Waals surface area contributed by atoms with Gasteiger partial charge in [-0.3, -0.25) is 0 Å². The van der Waals surface area contributed by atoms with E-state index >= 15 is 0 Å². The van der Waals surface area contributed by atoms with Crippen LogP contribution in [0.15, 0.2) is 42.5 Å². The van der Waals surface area contributed by atoms with Crippen LogP contribution in [0.3, 0.4) is 0 Å². The Morgan fingerprint density at radius 3 is 2.89 bits per heavy atom. The lowest BCUT2D eigenvalue weighted by Gasteiger charge is -2.14. The molecule has 4 rings (SSSR count). The molecule has 0 bridgehead atoms. The number of nitrogens with one attached hydrogen (secondary N) is 2. The fourth-order valence-electron chi connectivity index (χ4n) is 3.17. The van der Waals surface area contributed by atoms with Crippen LogP contribution in [0.4, 0.5) is 5.69 Å². The molecule has 0 saturated carbocycles. The molecule has 0 unspecified atom stereocenters. The topological polar surface area (TPSA) is 55.4 Å². The van der Waals surface area contributed by atoms with Crippen molar-refractivity contribution in [1.82, 2.24) is 10.3 Å². The maximum absolute atomic E-state index is 5.60. The highest BCUT2D eigenvalue weighted by molar-refractivity contribution is 7.80. The number of hydrogen-bond donors (Lipinski definition) is 2. The average molecular weight is 414 g/mol. The Kier molecular flexibility index (Phi) is 6.04. The van der Waals surface area contributed by atoms with Gasteiger partial charge in [-0.05, 0) is 74.4 Å². The van der Waals surface area contributed by atoms with E-state index in [4.69, 9.17) is 26.7 Å². The molecule has 2 heterocycles. The second-order valence-electron chi connectivity index (χ2n) is 6.63. The number of benzene rings is 2. The summed E-state index contributed by atoms with van der Waals surface area (Å²) < 4.78 is 12.3. The minimum atomic E-state index is 0.268. The van der Waals surface area contributed by atoms with Crippen LogP contribution in [-0.4, -0.2) is 36.0 Å². The summed E-state index contributed by atoms with van der Waals surface area (Å²) in [5, 5.41) is 8.06. The van der Waals surface area contributed by atoms with Crippen molar-refractivity contribution in [2.24, 2.45) is 0 Å². The first-order chi connectivity index (χ1) is 13.7. The van der Waals surface area contributed by atoms with Crippen LogP contribution in [-0.2, 0) is 4.74 Å². The summed E-state index contributed by atoms with van der Waals surface area (Å²) in [5.74, 6) is 0.883. The van der Waals surface area contributed by atoms with Gasteiger partial charge in [-0.1, -0.05) is 0 Å². The second-order valence-corrected chi connectivity index (χ2v) is 8.07. The zero-order valence-corrected chi connectivity index (χ0v) is 17.4. The van der Waals surface area contributed by atoms with E-state index in [1.165, 1.54) is 0 Å². The molecule has 3 aromatic rings. The van der Waals surface area contributed by atoms with Crippen LogP contribution in [0.25, 0.3) is 20.8 Å². The Morgan fingerprint density at radius 1 is 1.29 bits per heavy atom. The van der Waals surface area contributed by atoms with E-state index in [2.05, 4.69) is 22.8 Å². The predicted octanol–water partition coefficient (Wildman–Crippen LogP) is 4.83. The molecule has 2 N–H and O–H groups in total. The highest BCUT2D eigenvalue weighted by Crippen LogP contribution is 2.32. The minimum absolute atomic E-state index is 0.268. The van der Waals surface area contributed by atoms with Gasteiger partial charge in [0.1, 0.15) is 10.8 Å². The third-order valence-electron chi connectivity index (χ3n) is 4.57. The Hall–Kier alpha value is -2.22. The standard InChI is InChI=1S/C21H23N3O2S2/c1-2-25-16-9-10-18-19(12-16)28-20(24-18)14-5-7-15(8-6-14)23-21(27)22-13-17-4-3-11-26-17/h5-10,12,17H,2-4,11,13H2,1H3,(H2,22,23,27)/t17-/m1/s1. The van der Waals surface area contributed by atoms with Gasteiger partial charge < -0.3 is 20.1 Å². The Balaban J connectivity index is 1.39. The summed E-state index contributed by atoms with van der Waals surface area (Å²) in [6.07, 6.45) is 2.50. The van der Waals surface area contributed by atoms with Gasteiger partial charge in [-0.2, -0.15) is 0 Å². The molecular formula is C21H23N3O2S2. The van der Waals surface area contributed by atoms with Crippen molar-refractivity contribution in [3.63, 3.8) is 0 Å². The van der Waals surface area contributed by atoms with Crippen LogP contribution in [0, 0.1) is 0 Å². The maximum atomic E-state index is 5.60. The van der Waals surface area contributed by atoms with Crippen LogP contribution >= 0.6 is 23.6 Å². The van der Waals surface area contributed by atoms with E-state index < -0.39 is 0 Å². The molecule has 0 amide bonds. The number of thiazole rings is 1. The summed E-state index contributed by atoms with van der Waals surface area (Å²) in [4.78, 5) is 4.74. The minimum Gasteiger partial charge on any atom is -0.494 e. The van der Waals surface area contributed by atoms with Crippen molar-refractivity contribution >= 4 is 44.6 Å². The van der Waals surface area contributed by atoms with E-state index in [1.807, 2.05) is 37.3 Å². The molecule has 1 aromatic heterocycles. The molecule has 5 nitrogen and oxygen atoms in total. The van der Waals surface area contributed by atoms with Crippen molar-refractivity contribution in [3.8, 4) is 16.3 Å². The zero-order chi connectivity index (χ0) is 19.3. The van der Waals surface area contributed by atoms with Gasteiger partial charge in [0.2, 0.25) is 0 Å². The summed E-state index contributed by atoms with van der Waals surface area (Å²) in [6.45, 7) is 4.25. The number of thiocarbonyl (C=S) groups is 1. The Labute approximate surface area is 174 Å². The van der Waals surface area contributed by atoms with E-state index in [0.717, 1.165) is 58.2 Å². The molecule has 28 heavy (non-hydrogen) atoms. The van der Waals surface area contributed by atoms with Crippen molar-refractivity contribution in [2.45, 2.75) is 25.9 Å². The number of rotatable bonds is 6.